The third kappa shape index (κ3) is 2.54. The van der Waals surface area contributed by atoms with Gasteiger partial charge in [0.1, 0.15) is 7.05 Å². The quantitative estimate of drug-likeness (QED) is 0.146. The molecule has 0 spiro atoms. The lowest BCUT2D eigenvalue weighted by atomic mass is 9.93. The van der Waals surface area contributed by atoms with Gasteiger partial charge in [0, 0.05) is 16.8 Å². The molecule has 3 aromatic heterocycles. The van der Waals surface area contributed by atoms with Gasteiger partial charge in [0.15, 0.2) is 6.20 Å². The molecule has 0 saturated heterocycles. The molecule has 3 heterocycles. The molecule has 1 aliphatic carbocycles. The average molecular weight is 446 g/mol. The molecule has 1 saturated carbocycles. The highest BCUT2D eigenvalue weighted by Crippen LogP contribution is 2.43. The van der Waals surface area contributed by atoms with Crippen LogP contribution < -0.4 is 4.57 Å². The Labute approximate surface area is 201 Å². The van der Waals surface area contributed by atoms with Gasteiger partial charge in [-0.1, -0.05) is 43.9 Å². The molecule has 7 rings (SSSR count). The van der Waals surface area contributed by atoms with Crippen molar-refractivity contribution in [2.75, 3.05) is 0 Å². The number of benzene rings is 3. The molecule has 0 unspecified atom stereocenters. The lowest BCUT2D eigenvalue weighted by Crippen LogP contribution is -2.29. The Kier molecular flexibility index (Phi) is 4.14. The van der Waals surface area contributed by atoms with Gasteiger partial charge in [0.05, 0.1) is 27.3 Å². The van der Waals surface area contributed by atoms with Crippen molar-refractivity contribution in [1.82, 2.24) is 4.40 Å². The Morgan fingerprint density at radius 3 is 2.38 bits per heavy atom. The van der Waals surface area contributed by atoms with Gasteiger partial charge in [-0.25, -0.2) is 4.57 Å². The highest BCUT2D eigenvalue weighted by atomic mass is 15.0. The molecule has 0 bridgehead atoms. The van der Waals surface area contributed by atoms with Gasteiger partial charge in [-0.2, -0.15) is 0 Å². The van der Waals surface area contributed by atoms with E-state index in [0.717, 1.165) is 5.92 Å². The summed E-state index contributed by atoms with van der Waals surface area (Å²) in [5, 5.41) is 7.02. The zero-order valence-electron chi connectivity index (χ0n) is 21.0. The van der Waals surface area contributed by atoms with Crippen LogP contribution in [-0.4, -0.2) is 4.40 Å². The van der Waals surface area contributed by atoms with Crippen molar-refractivity contribution in [1.29, 1.82) is 0 Å². The lowest BCUT2D eigenvalue weighted by molar-refractivity contribution is -0.643. The molecule has 2 nitrogen and oxygen atoms in total. The minimum atomic E-state index is 0.843. The highest BCUT2D eigenvalue weighted by Gasteiger charge is 2.26. The van der Waals surface area contributed by atoms with Crippen molar-refractivity contribution >= 4 is 49.0 Å². The van der Waals surface area contributed by atoms with Gasteiger partial charge in [0.25, 0.3) is 0 Å². The maximum Gasteiger partial charge on any atom is 0.224 e. The molecule has 0 aliphatic heterocycles. The highest BCUT2D eigenvalue weighted by molar-refractivity contribution is 6.26. The largest absolute Gasteiger partial charge is 0.307 e. The molecular weight excluding hydrogens is 412 g/mol. The van der Waals surface area contributed by atoms with E-state index >= 15 is 0 Å². The minimum absolute atomic E-state index is 0.843. The van der Waals surface area contributed by atoms with E-state index in [1.807, 2.05) is 0 Å². The monoisotopic (exact) mass is 445 g/mol. The van der Waals surface area contributed by atoms with Crippen LogP contribution >= 0.6 is 0 Å². The van der Waals surface area contributed by atoms with E-state index < -0.39 is 0 Å². The number of aryl methyl sites for hydroxylation is 5. The molecule has 0 atom stereocenters. The summed E-state index contributed by atoms with van der Waals surface area (Å²) in [6.45, 7) is 9.14. The number of pyridine rings is 2. The van der Waals surface area contributed by atoms with Crippen LogP contribution in [0.4, 0.5) is 0 Å². The fourth-order valence-corrected chi connectivity index (χ4v) is 7.08. The topological polar surface area (TPSA) is 8.29 Å². The SMILES string of the molecule is Cc1cc2c3c(C)ccc(C)c3n3c4cc(CC5CCCC5)cc5cc[n+](C)c(c(c1C)c23)c54. The standard InChI is InChI=1S/C32H33N2/c1-18-10-11-19(2)30-27(18)25-14-20(3)21(4)28-31(25)34(30)26-17-23(15-22-8-6-7-9-22)16-24-12-13-33(5)32(28)29(24)26/h10-14,16-17,22H,6-9,15H2,1-5H3/q+1. The molecular formula is C32H33N2+. The first kappa shape index (κ1) is 20.3. The van der Waals surface area contributed by atoms with E-state index in [2.05, 4.69) is 86.3 Å². The van der Waals surface area contributed by atoms with Crippen LogP contribution in [0.25, 0.3) is 49.0 Å². The normalized spacial score (nSPS) is 15.3. The lowest BCUT2D eigenvalue weighted by Gasteiger charge is -2.16. The number of rotatable bonds is 2. The van der Waals surface area contributed by atoms with Crippen molar-refractivity contribution in [3.63, 3.8) is 0 Å². The molecule has 2 heteroatoms. The van der Waals surface area contributed by atoms with Crippen molar-refractivity contribution in [2.45, 2.75) is 59.8 Å². The van der Waals surface area contributed by atoms with Crippen LogP contribution in [0.2, 0.25) is 0 Å². The van der Waals surface area contributed by atoms with Gasteiger partial charge in [-0.05, 0) is 85.4 Å². The molecule has 6 aromatic rings. The van der Waals surface area contributed by atoms with Gasteiger partial charge < -0.3 is 4.40 Å². The zero-order chi connectivity index (χ0) is 23.3. The minimum Gasteiger partial charge on any atom is -0.307 e. The fourth-order valence-electron chi connectivity index (χ4n) is 7.08. The zero-order valence-corrected chi connectivity index (χ0v) is 21.0. The number of aromatic nitrogens is 2. The number of hydrogen-bond acceptors (Lipinski definition) is 0. The second-order valence-corrected chi connectivity index (χ2v) is 11.1. The van der Waals surface area contributed by atoms with E-state index in [0.29, 0.717) is 0 Å². The maximum atomic E-state index is 2.63. The molecule has 34 heavy (non-hydrogen) atoms. The summed E-state index contributed by atoms with van der Waals surface area (Å²) in [6, 6.07) is 14.4. The van der Waals surface area contributed by atoms with Crippen molar-refractivity contribution in [2.24, 2.45) is 13.0 Å². The second kappa shape index (κ2) is 6.95. The maximum absolute atomic E-state index is 2.63. The van der Waals surface area contributed by atoms with Gasteiger partial charge in [-0.15, -0.1) is 0 Å². The third-order valence-corrected chi connectivity index (χ3v) is 8.88. The molecule has 3 aromatic carbocycles. The van der Waals surface area contributed by atoms with E-state index in [9.17, 15) is 0 Å². The van der Waals surface area contributed by atoms with Crippen molar-refractivity contribution in [3.8, 4) is 0 Å². The van der Waals surface area contributed by atoms with Crippen LogP contribution in [-0.2, 0) is 13.5 Å². The average Bonchev–Trinajstić information content (AvgIpc) is 3.44. The summed E-state index contributed by atoms with van der Waals surface area (Å²) in [7, 11) is 2.22. The van der Waals surface area contributed by atoms with E-state index in [1.54, 1.807) is 0 Å². The van der Waals surface area contributed by atoms with Crippen LogP contribution in [0.5, 0.6) is 0 Å². The summed E-state index contributed by atoms with van der Waals surface area (Å²) < 4.78 is 4.98. The molecule has 0 radical (unpaired) electrons. The predicted octanol–water partition coefficient (Wildman–Crippen LogP) is 7.78. The Hall–Kier alpha value is -3.13. The number of fused-ring (bicyclic) bond motifs is 5. The summed E-state index contributed by atoms with van der Waals surface area (Å²) in [5.41, 5.74) is 12.5. The van der Waals surface area contributed by atoms with Gasteiger partial charge in [-0.3, -0.25) is 0 Å². The van der Waals surface area contributed by atoms with Crippen molar-refractivity contribution in [3.05, 3.63) is 70.4 Å². The van der Waals surface area contributed by atoms with Crippen LogP contribution in [0, 0.1) is 33.6 Å². The molecule has 0 N–H and O–H groups in total. The van der Waals surface area contributed by atoms with E-state index in [1.165, 1.54) is 109 Å². The number of nitrogens with zero attached hydrogens (tertiary/aromatic N) is 2. The summed E-state index contributed by atoms with van der Waals surface area (Å²) in [4.78, 5) is 0. The van der Waals surface area contributed by atoms with Gasteiger partial charge in [0.2, 0.25) is 5.52 Å². The summed E-state index contributed by atoms with van der Waals surface area (Å²) in [6.07, 6.45) is 9.05. The molecule has 1 fully saturated rings. The van der Waals surface area contributed by atoms with Crippen molar-refractivity contribution < 1.29 is 4.57 Å². The Bertz CT molecular complexity index is 1780. The first-order valence-corrected chi connectivity index (χ1v) is 12.9. The summed E-state index contributed by atoms with van der Waals surface area (Å²) >= 11 is 0. The Morgan fingerprint density at radius 2 is 1.59 bits per heavy atom. The van der Waals surface area contributed by atoms with Crippen LogP contribution in [0.15, 0.2) is 42.6 Å². The molecule has 170 valence electrons. The fraction of sp³-hybridized carbons (Fsp3) is 0.344. The van der Waals surface area contributed by atoms with E-state index in [4.69, 9.17) is 0 Å². The second-order valence-electron chi connectivity index (χ2n) is 11.1. The van der Waals surface area contributed by atoms with Crippen LogP contribution in [0.3, 0.4) is 0 Å². The summed E-state index contributed by atoms with van der Waals surface area (Å²) in [5.74, 6) is 0.843. The van der Waals surface area contributed by atoms with E-state index in [-0.39, 0.29) is 0 Å². The predicted molar refractivity (Wildman–Crippen MR) is 144 cm³/mol. The smallest absolute Gasteiger partial charge is 0.224 e. The van der Waals surface area contributed by atoms with Gasteiger partial charge >= 0.3 is 0 Å². The first-order valence-electron chi connectivity index (χ1n) is 12.9. The molecule has 0 amide bonds. The Morgan fingerprint density at radius 1 is 0.824 bits per heavy atom. The first-order chi connectivity index (χ1) is 16.4. The molecule has 1 aliphatic rings. The third-order valence-electron chi connectivity index (χ3n) is 8.88. The van der Waals surface area contributed by atoms with Crippen LogP contribution in [0.1, 0.15) is 53.5 Å². The number of hydrogen-bond donors (Lipinski definition) is 0. The Balaban J connectivity index is 1.78.